The Kier molecular flexibility index (Phi) is 5.35. The van der Waals surface area contributed by atoms with E-state index in [-0.39, 0.29) is 5.78 Å². The Morgan fingerprint density at radius 1 is 0.500 bits per heavy atom. The lowest BCUT2D eigenvalue weighted by Crippen LogP contribution is -2.06. The van der Waals surface area contributed by atoms with Gasteiger partial charge in [0.15, 0.2) is 0 Å². The molecule has 0 radical (unpaired) electrons. The van der Waals surface area contributed by atoms with Gasteiger partial charge in [-0.3, -0.25) is 4.79 Å². The van der Waals surface area contributed by atoms with Crippen LogP contribution < -0.4 is 20.9 Å². The molecule has 4 aromatic carbocycles. The number of ether oxygens (including phenoxy) is 2. The minimum atomic E-state index is -0.231. The van der Waals surface area contributed by atoms with Gasteiger partial charge in [0.05, 0.1) is 22.5 Å². The van der Waals surface area contributed by atoms with Gasteiger partial charge in [-0.25, -0.2) is 0 Å². The number of nitrogens with two attached hydrogens (primary N) is 2. The van der Waals surface area contributed by atoms with E-state index in [0.717, 1.165) is 0 Å². The predicted octanol–water partition coefficient (Wildman–Crippen LogP) is 5.67. The molecule has 148 valence electrons. The van der Waals surface area contributed by atoms with Crippen molar-refractivity contribution < 1.29 is 14.3 Å². The summed E-state index contributed by atoms with van der Waals surface area (Å²) in [5.41, 5.74) is 13.8. The smallest absolute Gasteiger partial charge is 0.200 e. The molecule has 0 aromatic heterocycles. The number of carbonyl (C=O) groups is 1. The van der Waals surface area contributed by atoms with Crippen LogP contribution in [0.2, 0.25) is 0 Å². The molecule has 0 aliphatic heterocycles. The number of nitrogen functional groups attached to an aromatic ring is 2. The summed E-state index contributed by atoms with van der Waals surface area (Å²) in [7, 11) is 0. The maximum Gasteiger partial charge on any atom is 0.200 e. The van der Waals surface area contributed by atoms with Crippen LogP contribution in [0.4, 0.5) is 11.4 Å². The van der Waals surface area contributed by atoms with Crippen molar-refractivity contribution in [1.82, 2.24) is 0 Å². The molecule has 0 saturated carbocycles. The fourth-order valence-electron chi connectivity index (χ4n) is 3.02. The van der Waals surface area contributed by atoms with Crippen LogP contribution in [0.15, 0.2) is 97.1 Å². The Bertz CT molecular complexity index is 1110. The van der Waals surface area contributed by atoms with E-state index in [4.69, 9.17) is 20.9 Å². The maximum atomic E-state index is 13.4. The Morgan fingerprint density at radius 2 is 0.833 bits per heavy atom. The first-order chi connectivity index (χ1) is 14.6. The molecule has 0 heterocycles. The maximum absolute atomic E-state index is 13.4. The highest BCUT2D eigenvalue weighted by molar-refractivity contribution is 6.12. The number of ketones is 1. The zero-order chi connectivity index (χ0) is 20.9. The molecule has 5 nitrogen and oxygen atoms in total. The van der Waals surface area contributed by atoms with Crippen LogP contribution in [0.25, 0.3) is 0 Å². The molecule has 0 saturated heterocycles. The number of benzene rings is 4. The van der Waals surface area contributed by atoms with Gasteiger partial charge < -0.3 is 20.9 Å². The van der Waals surface area contributed by atoms with Crippen molar-refractivity contribution in [1.29, 1.82) is 0 Å². The molecule has 0 aliphatic rings. The highest BCUT2D eigenvalue weighted by Crippen LogP contribution is 2.34. The van der Waals surface area contributed by atoms with Gasteiger partial charge in [-0.15, -0.1) is 0 Å². The Morgan fingerprint density at radius 3 is 1.23 bits per heavy atom. The SMILES string of the molecule is Nc1ccccc1Oc1ccccc1C(=O)c1ccccc1Oc1ccccc1N. The summed E-state index contributed by atoms with van der Waals surface area (Å²) >= 11 is 0. The number of rotatable bonds is 6. The molecular formula is C25H20N2O3. The Labute approximate surface area is 174 Å². The van der Waals surface area contributed by atoms with Crippen molar-refractivity contribution in [3.63, 3.8) is 0 Å². The van der Waals surface area contributed by atoms with Gasteiger partial charge in [0.25, 0.3) is 0 Å². The van der Waals surface area contributed by atoms with Crippen LogP contribution in [0.3, 0.4) is 0 Å². The first kappa shape index (κ1) is 19.1. The zero-order valence-electron chi connectivity index (χ0n) is 16.1. The minimum absolute atomic E-state index is 0.231. The lowest BCUT2D eigenvalue weighted by Gasteiger charge is -2.14. The Hall–Kier alpha value is -4.25. The fraction of sp³-hybridized carbons (Fsp3) is 0. The van der Waals surface area contributed by atoms with Crippen molar-refractivity contribution in [2.45, 2.75) is 0 Å². The quantitative estimate of drug-likeness (QED) is 0.324. The second-order valence-electron chi connectivity index (χ2n) is 6.60. The second-order valence-corrected chi connectivity index (χ2v) is 6.60. The first-order valence-corrected chi connectivity index (χ1v) is 9.41. The van der Waals surface area contributed by atoms with E-state index >= 15 is 0 Å². The molecule has 0 aliphatic carbocycles. The van der Waals surface area contributed by atoms with Crippen LogP contribution >= 0.6 is 0 Å². The summed E-state index contributed by atoms with van der Waals surface area (Å²) in [5, 5.41) is 0. The summed E-state index contributed by atoms with van der Waals surface area (Å²) in [4.78, 5) is 13.4. The van der Waals surface area contributed by atoms with E-state index in [1.165, 1.54) is 0 Å². The van der Waals surface area contributed by atoms with Gasteiger partial charge in [-0.2, -0.15) is 0 Å². The van der Waals surface area contributed by atoms with E-state index in [1.807, 2.05) is 24.3 Å². The monoisotopic (exact) mass is 396 g/mol. The van der Waals surface area contributed by atoms with Crippen molar-refractivity contribution in [3.05, 3.63) is 108 Å². The van der Waals surface area contributed by atoms with Gasteiger partial charge in [0.1, 0.15) is 23.0 Å². The molecule has 0 unspecified atom stereocenters. The predicted molar refractivity (Wildman–Crippen MR) is 118 cm³/mol. The molecule has 4 aromatic rings. The van der Waals surface area contributed by atoms with Crippen molar-refractivity contribution in [2.24, 2.45) is 0 Å². The van der Waals surface area contributed by atoms with Crippen molar-refractivity contribution in [3.8, 4) is 23.0 Å². The van der Waals surface area contributed by atoms with E-state index < -0.39 is 0 Å². The van der Waals surface area contributed by atoms with E-state index in [0.29, 0.717) is 45.5 Å². The topological polar surface area (TPSA) is 87.6 Å². The molecule has 5 heteroatoms. The Balaban J connectivity index is 1.70. The lowest BCUT2D eigenvalue weighted by atomic mass is 10.0. The number of hydrogen-bond acceptors (Lipinski definition) is 5. The van der Waals surface area contributed by atoms with Gasteiger partial charge in [0, 0.05) is 0 Å². The summed E-state index contributed by atoms with van der Waals surface area (Å²) in [6.07, 6.45) is 0. The largest absolute Gasteiger partial charge is 0.454 e. The molecule has 30 heavy (non-hydrogen) atoms. The summed E-state index contributed by atoms with van der Waals surface area (Å²) in [6, 6.07) is 28.4. The van der Waals surface area contributed by atoms with Gasteiger partial charge in [0.2, 0.25) is 5.78 Å². The van der Waals surface area contributed by atoms with E-state index in [9.17, 15) is 4.79 Å². The summed E-state index contributed by atoms with van der Waals surface area (Å²) < 4.78 is 11.9. The van der Waals surface area contributed by atoms with E-state index in [2.05, 4.69) is 0 Å². The summed E-state index contributed by atoms with van der Waals surface area (Å²) in [6.45, 7) is 0. The van der Waals surface area contributed by atoms with Crippen LogP contribution in [-0.2, 0) is 0 Å². The van der Waals surface area contributed by atoms with Crippen LogP contribution in [-0.4, -0.2) is 5.78 Å². The highest BCUT2D eigenvalue weighted by atomic mass is 16.5. The third kappa shape index (κ3) is 3.95. The molecule has 0 bridgehead atoms. The number of carbonyl (C=O) groups excluding carboxylic acids is 1. The lowest BCUT2D eigenvalue weighted by molar-refractivity contribution is 0.103. The molecule has 0 spiro atoms. The van der Waals surface area contributed by atoms with Gasteiger partial charge in [-0.1, -0.05) is 48.5 Å². The van der Waals surface area contributed by atoms with Crippen molar-refractivity contribution in [2.75, 3.05) is 11.5 Å². The van der Waals surface area contributed by atoms with Gasteiger partial charge >= 0.3 is 0 Å². The third-order valence-corrected chi connectivity index (χ3v) is 4.54. The number of anilines is 2. The van der Waals surface area contributed by atoms with Crippen molar-refractivity contribution >= 4 is 17.2 Å². The van der Waals surface area contributed by atoms with Gasteiger partial charge in [-0.05, 0) is 48.5 Å². The molecule has 4 rings (SSSR count). The number of para-hydroxylation sites is 6. The average Bonchev–Trinajstić information content (AvgIpc) is 2.77. The molecule has 0 amide bonds. The minimum Gasteiger partial charge on any atom is -0.454 e. The third-order valence-electron chi connectivity index (χ3n) is 4.54. The molecule has 0 atom stereocenters. The van der Waals surface area contributed by atoms with E-state index in [1.54, 1.807) is 72.8 Å². The summed E-state index contributed by atoms with van der Waals surface area (Å²) in [5.74, 6) is 1.56. The molecular weight excluding hydrogens is 376 g/mol. The number of hydrogen-bond donors (Lipinski definition) is 2. The average molecular weight is 396 g/mol. The fourth-order valence-corrected chi connectivity index (χ4v) is 3.02. The highest BCUT2D eigenvalue weighted by Gasteiger charge is 2.20. The zero-order valence-corrected chi connectivity index (χ0v) is 16.1. The first-order valence-electron chi connectivity index (χ1n) is 9.41. The standard InChI is InChI=1S/C25H20N2O3/c26-19-11-3-7-15-23(19)29-21-13-5-1-9-17(21)25(28)18-10-2-6-14-22(18)30-24-16-8-4-12-20(24)27/h1-16H,26-27H2. The van der Waals surface area contributed by atoms with Crippen LogP contribution in [0.5, 0.6) is 23.0 Å². The second kappa shape index (κ2) is 8.41. The molecule has 0 fully saturated rings. The van der Waals surface area contributed by atoms with Crippen LogP contribution in [0, 0.1) is 0 Å². The molecule has 4 N–H and O–H groups in total. The van der Waals surface area contributed by atoms with Crippen LogP contribution in [0.1, 0.15) is 15.9 Å². The normalized spacial score (nSPS) is 10.4.